The van der Waals surface area contributed by atoms with Gasteiger partial charge in [0.05, 0.1) is 5.75 Å². The Balaban J connectivity index is 2.34. The van der Waals surface area contributed by atoms with Crippen LogP contribution < -0.4 is 5.73 Å². The minimum absolute atomic E-state index is 0.409. The maximum atomic E-state index is 10.5. The van der Waals surface area contributed by atoms with Crippen LogP contribution in [0.2, 0.25) is 0 Å². The van der Waals surface area contributed by atoms with E-state index < -0.39 is 12.0 Å². The summed E-state index contributed by atoms with van der Waals surface area (Å²) in [6.07, 6.45) is 3.66. The minimum atomic E-state index is -0.957. The predicted molar refractivity (Wildman–Crippen MR) is 59.7 cm³/mol. The van der Waals surface area contributed by atoms with Crippen LogP contribution >= 0.6 is 11.8 Å². The standard InChI is InChI=1S/C9H15N3O2S/c1-2-12-4-3-11-8(12)6-15-5-7(10)9(13)14/h3-4,7H,2,5-6,10H2,1H3,(H,13,14)/t7-/m0/s1. The van der Waals surface area contributed by atoms with Gasteiger partial charge in [0.2, 0.25) is 0 Å². The zero-order valence-corrected chi connectivity index (χ0v) is 9.41. The van der Waals surface area contributed by atoms with E-state index in [4.69, 9.17) is 10.8 Å². The van der Waals surface area contributed by atoms with Crippen molar-refractivity contribution in [3.05, 3.63) is 18.2 Å². The maximum Gasteiger partial charge on any atom is 0.321 e. The fourth-order valence-corrected chi connectivity index (χ4v) is 2.05. The second-order valence-electron chi connectivity index (χ2n) is 3.09. The molecule has 5 nitrogen and oxygen atoms in total. The van der Waals surface area contributed by atoms with Crippen molar-refractivity contribution >= 4 is 17.7 Å². The highest BCUT2D eigenvalue weighted by atomic mass is 32.2. The molecule has 1 rings (SSSR count). The summed E-state index contributed by atoms with van der Waals surface area (Å²) in [7, 11) is 0. The number of carboxylic acid groups (broad SMARTS) is 1. The third kappa shape index (κ3) is 3.56. The Kier molecular flexibility index (Phi) is 4.64. The number of carbonyl (C=O) groups is 1. The number of aliphatic carboxylic acids is 1. The highest BCUT2D eigenvalue weighted by Crippen LogP contribution is 2.11. The number of nitrogens with zero attached hydrogens (tertiary/aromatic N) is 2. The number of carboxylic acids is 1. The van der Waals surface area contributed by atoms with Crippen molar-refractivity contribution in [2.24, 2.45) is 5.73 Å². The summed E-state index contributed by atoms with van der Waals surface area (Å²) in [6, 6.07) is -0.792. The van der Waals surface area contributed by atoms with E-state index >= 15 is 0 Å². The number of nitrogens with two attached hydrogens (primary N) is 1. The Bertz CT molecular complexity index is 327. The van der Waals surface area contributed by atoms with Crippen LogP contribution in [0.25, 0.3) is 0 Å². The van der Waals surface area contributed by atoms with Gasteiger partial charge in [-0.3, -0.25) is 4.79 Å². The molecule has 0 aromatic carbocycles. The molecule has 0 saturated carbocycles. The van der Waals surface area contributed by atoms with Gasteiger partial charge in [-0.2, -0.15) is 11.8 Å². The largest absolute Gasteiger partial charge is 0.480 e. The van der Waals surface area contributed by atoms with E-state index in [1.54, 1.807) is 6.20 Å². The molecule has 0 aliphatic rings. The predicted octanol–water partition coefficient (Wildman–Crippen LogP) is 0.548. The zero-order valence-electron chi connectivity index (χ0n) is 8.59. The fourth-order valence-electron chi connectivity index (χ4n) is 1.12. The molecule has 3 N–H and O–H groups in total. The molecule has 1 aromatic rings. The summed E-state index contributed by atoms with van der Waals surface area (Å²) in [5.74, 6) is 1.11. The molecular weight excluding hydrogens is 214 g/mol. The van der Waals surface area contributed by atoms with Crippen molar-refractivity contribution in [1.82, 2.24) is 9.55 Å². The van der Waals surface area contributed by atoms with Gasteiger partial charge in [0, 0.05) is 24.7 Å². The first-order chi connectivity index (χ1) is 7.15. The molecule has 0 amide bonds. The Morgan fingerprint density at radius 1 is 1.80 bits per heavy atom. The Labute approximate surface area is 92.7 Å². The summed E-state index contributed by atoms with van der Waals surface area (Å²) in [5, 5.41) is 8.58. The summed E-state index contributed by atoms with van der Waals surface area (Å²) in [4.78, 5) is 14.6. The highest BCUT2D eigenvalue weighted by molar-refractivity contribution is 7.98. The van der Waals surface area contributed by atoms with Crippen molar-refractivity contribution in [1.29, 1.82) is 0 Å². The van der Waals surface area contributed by atoms with Crippen molar-refractivity contribution in [3.8, 4) is 0 Å². The van der Waals surface area contributed by atoms with E-state index in [9.17, 15) is 4.79 Å². The minimum Gasteiger partial charge on any atom is -0.480 e. The van der Waals surface area contributed by atoms with Crippen LogP contribution in [-0.2, 0) is 17.1 Å². The van der Waals surface area contributed by atoms with Crippen molar-refractivity contribution in [3.63, 3.8) is 0 Å². The van der Waals surface area contributed by atoms with Crippen molar-refractivity contribution in [2.45, 2.75) is 25.3 Å². The molecule has 84 valence electrons. The molecule has 0 aliphatic heterocycles. The first kappa shape index (κ1) is 12.1. The van der Waals surface area contributed by atoms with Gasteiger partial charge in [0.15, 0.2) is 0 Å². The quantitative estimate of drug-likeness (QED) is 0.744. The van der Waals surface area contributed by atoms with Gasteiger partial charge in [0.1, 0.15) is 11.9 Å². The normalized spacial score (nSPS) is 12.7. The third-order valence-electron chi connectivity index (χ3n) is 1.99. The lowest BCUT2D eigenvalue weighted by molar-refractivity contribution is -0.137. The molecule has 6 heteroatoms. The average molecular weight is 229 g/mol. The SMILES string of the molecule is CCn1ccnc1CSC[C@H](N)C(=O)O. The second kappa shape index (κ2) is 5.77. The molecule has 1 heterocycles. The number of imidazole rings is 1. The topological polar surface area (TPSA) is 81.1 Å². The van der Waals surface area contributed by atoms with Crippen molar-refractivity contribution < 1.29 is 9.90 Å². The maximum absolute atomic E-state index is 10.5. The van der Waals surface area contributed by atoms with Crippen LogP contribution in [-0.4, -0.2) is 32.4 Å². The van der Waals surface area contributed by atoms with Crippen LogP contribution in [0.3, 0.4) is 0 Å². The lowest BCUT2D eigenvalue weighted by Crippen LogP contribution is -2.32. The molecule has 0 spiro atoms. The van der Waals surface area contributed by atoms with Gasteiger partial charge in [0.25, 0.3) is 0 Å². The third-order valence-corrected chi connectivity index (χ3v) is 3.05. The van der Waals surface area contributed by atoms with Crippen LogP contribution in [0, 0.1) is 0 Å². The Hall–Kier alpha value is -1.01. The lowest BCUT2D eigenvalue weighted by atomic mass is 10.4. The van der Waals surface area contributed by atoms with E-state index in [2.05, 4.69) is 4.98 Å². The molecule has 1 aromatic heterocycles. The first-order valence-electron chi connectivity index (χ1n) is 4.71. The Morgan fingerprint density at radius 2 is 2.53 bits per heavy atom. The number of aromatic nitrogens is 2. The number of hydrogen-bond acceptors (Lipinski definition) is 4. The summed E-state index contributed by atoms with van der Waals surface area (Å²) < 4.78 is 2.03. The Morgan fingerprint density at radius 3 is 3.13 bits per heavy atom. The van der Waals surface area contributed by atoms with Gasteiger partial charge in [-0.1, -0.05) is 0 Å². The molecule has 0 radical (unpaired) electrons. The van der Waals surface area contributed by atoms with Crippen LogP contribution in [0.5, 0.6) is 0 Å². The van der Waals surface area contributed by atoms with E-state index in [1.165, 1.54) is 11.8 Å². The molecule has 0 bridgehead atoms. The van der Waals surface area contributed by atoms with Crippen LogP contribution in [0.1, 0.15) is 12.7 Å². The summed E-state index contributed by atoms with van der Waals surface area (Å²) in [5.41, 5.74) is 5.38. The fraction of sp³-hybridized carbons (Fsp3) is 0.556. The number of aryl methyl sites for hydroxylation is 1. The van der Waals surface area contributed by atoms with E-state index in [0.717, 1.165) is 12.4 Å². The van der Waals surface area contributed by atoms with Crippen LogP contribution in [0.4, 0.5) is 0 Å². The molecular formula is C9H15N3O2S. The van der Waals surface area contributed by atoms with E-state index in [-0.39, 0.29) is 0 Å². The smallest absolute Gasteiger partial charge is 0.321 e. The summed E-state index contributed by atoms with van der Waals surface area (Å²) in [6.45, 7) is 2.92. The summed E-state index contributed by atoms with van der Waals surface area (Å²) >= 11 is 1.49. The monoisotopic (exact) mass is 229 g/mol. The zero-order chi connectivity index (χ0) is 11.3. The van der Waals surface area contributed by atoms with E-state index in [1.807, 2.05) is 17.7 Å². The molecule has 1 atom stereocenters. The average Bonchev–Trinajstić information content (AvgIpc) is 2.65. The molecule has 0 saturated heterocycles. The molecule has 15 heavy (non-hydrogen) atoms. The number of thioether (sulfide) groups is 1. The van der Waals surface area contributed by atoms with Gasteiger partial charge in [-0.15, -0.1) is 0 Å². The lowest BCUT2D eigenvalue weighted by Gasteiger charge is -2.06. The first-order valence-corrected chi connectivity index (χ1v) is 5.86. The number of rotatable bonds is 6. The number of hydrogen-bond donors (Lipinski definition) is 2. The molecule has 0 unspecified atom stereocenters. The van der Waals surface area contributed by atoms with Gasteiger partial charge < -0.3 is 15.4 Å². The van der Waals surface area contributed by atoms with Gasteiger partial charge >= 0.3 is 5.97 Å². The van der Waals surface area contributed by atoms with Gasteiger partial charge in [-0.25, -0.2) is 4.98 Å². The molecule has 0 fully saturated rings. The molecule has 0 aliphatic carbocycles. The highest BCUT2D eigenvalue weighted by Gasteiger charge is 2.11. The van der Waals surface area contributed by atoms with Crippen molar-refractivity contribution in [2.75, 3.05) is 5.75 Å². The van der Waals surface area contributed by atoms with Crippen LogP contribution in [0.15, 0.2) is 12.4 Å². The second-order valence-corrected chi connectivity index (χ2v) is 4.12. The van der Waals surface area contributed by atoms with E-state index in [0.29, 0.717) is 11.5 Å². The van der Waals surface area contributed by atoms with Gasteiger partial charge in [-0.05, 0) is 6.92 Å².